The molecule has 132 valence electrons. The van der Waals surface area contributed by atoms with Gasteiger partial charge in [-0.1, -0.05) is 44.2 Å². The fourth-order valence-corrected chi connectivity index (χ4v) is 3.22. The van der Waals surface area contributed by atoms with Gasteiger partial charge in [-0.15, -0.1) is 0 Å². The Balaban J connectivity index is 2.00. The summed E-state index contributed by atoms with van der Waals surface area (Å²) in [6.07, 6.45) is 0.126. The van der Waals surface area contributed by atoms with Gasteiger partial charge < -0.3 is 14.7 Å². The summed E-state index contributed by atoms with van der Waals surface area (Å²) in [5.74, 6) is -1.40. The van der Waals surface area contributed by atoms with Crippen LogP contribution in [0.5, 0.6) is 0 Å². The number of likely N-dealkylation sites (N-methyl/N-ethyl adjacent to an activating group) is 1. The maximum absolute atomic E-state index is 12.4. The zero-order valence-electron chi connectivity index (χ0n) is 14.4. The largest absolute Gasteiger partial charge is 0.481 e. The van der Waals surface area contributed by atoms with Crippen molar-refractivity contribution in [1.82, 2.24) is 9.80 Å². The third-order valence-corrected chi connectivity index (χ3v) is 4.57. The van der Waals surface area contributed by atoms with Gasteiger partial charge in [0.25, 0.3) is 0 Å². The van der Waals surface area contributed by atoms with E-state index in [0.717, 1.165) is 18.7 Å². The van der Waals surface area contributed by atoms with E-state index in [9.17, 15) is 14.7 Å². The number of ether oxygens (including phenoxy) is 1. The third-order valence-electron chi connectivity index (χ3n) is 4.57. The van der Waals surface area contributed by atoms with Gasteiger partial charge in [-0.3, -0.25) is 9.69 Å². The van der Waals surface area contributed by atoms with E-state index < -0.39 is 18.0 Å². The lowest BCUT2D eigenvalue weighted by molar-refractivity contribution is -0.144. The summed E-state index contributed by atoms with van der Waals surface area (Å²) in [6.45, 7) is 6.68. The molecule has 6 nitrogen and oxygen atoms in total. The highest BCUT2D eigenvalue weighted by Crippen LogP contribution is 2.22. The van der Waals surface area contributed by atoms with Crippen molar-refractivity contribution in [3.63, 3.8) is 0 Å². The van der Waals surface area contributed by atoms with Crippen molar-refractivity contribution in [1.29, 1.82) is 0 Å². The molecule has 0 radical (unpaired) electrons. The number of hydrogen-bond donors (Lipinski definition) is 1. The molecule has 0 unspecified atom stereocenters. The molecule has 1 aliphatic heterocycles. The number of nitrogens with zero attached hydrogens (tertiary/aromatic N) is 2. The molecule has 1 amide bonds. The smallest absolute Gasteiger partial charge is 0.410 e. The summed E-state index contributed by atoms with van der Waals surface area (Å²) in [5.41, 5.74) is 0.915. The first-order chi connectivity index (χ1) is 11.5. The predicted octanol–water partition coefficient (Wildman–Crippen LogP) is 2.44. The van der Waals surface area contributed by atoms with Crippen LogP contribution >= 0.6 is 0 Å². The molecule has 1 aromatic rings. The second kappa shape index (κ2) is 8.68. The highest BCUT2D eigenvalue weighted by Gasteiger charge is 2.36. The van der Waals surface area contributed by atoms with Gasteiger partial charge >= 0.3 is 12.1 Å². The summed E-state index contributed by atoms with van der Waals surface area (Å²) < 4.78 is 5.37. The van der Waals surface area contributed by atoms with Crippen molar-refractivity contribution in [2.75, 3.05) is 26.2 Å². The SMILES string of the molecule is CCN(CC)[C@@H]1C[C@H](C(=O)O)CN(C(=O)OCc2ccccc2)C1. The second-order valence-electron chi connectivity index (χ2n) is 6.09. The van der Waals surface area contributed by atoms with Crippen molar-refractivity contribution in [2.45, 2.75) is 32.9 Å². The third kappa shape index (κ3) is 4.71. The van der Waals surface area contributed by atoms with Crippen molar-refractivity contribution in [3.8, 4) is 0 Å². The Bertz CT molecular complexity index is 545. The van der Waals surface area contributed by atoms with Crippen molar-refractivity contribution in [2.24, 2.45) is 5.92 Å². The van der Waals surface area contributed by atoms with E-state index in [2.05, 4.69) is 4.90 Å². The highest BCUT2D eigenvalue weighted by molar-refractivity contribution is 5.73. The fraction of sp³-hybridized carbons (Fsp3) is 0.556. The number of carbonyl (C=O) groups excluding carboxylic acids is 1. The van der Waals surface area contributed by atoms with E-state index >= 15 is 0 Å². The number of amides is 1. The molecule has 2 rings (SSSR count). The Hall–Kier alpha value is -2.08. The molecule has 1 aromatic carbocycles. The standard InChI is InChI=1S/C18H26N2O4/c1-3-19(4-2)16-10-15(17(21)22)11-20(12-16)18(23)24-13-14-8-6-5-7-9-14/h5-9,15-16H,3-4,10-13H2,1-2H3,(H,21,22)/t15-,16+/m0/s1. The molecule has 1 N–H and O–H groups in total. The molecule has 1 aliphatic rings. The molecule has 0 bridgehead atoms. The summed E-state index contributed by atoms with van der Waals surface area (Å²) in [5, 5.41) is 9.39. The molecule has 6 heteroatoms. The van der Waals surface area contributed by atoms with Gasteiger partial charge in [0.2, 0.25) is 0 Å². The molecular formula is C18H26N2O4. The van der Waals surface area contributed by atoms with Crippen LogP contribution in [0, 0.1) is 5.92 Å². The molecule has 1 fully saturated rings. The first-order valence-electron chi connectivity index (χ1n) is 8.47. The van der Waals surface area contributed by atoms with Crippen LogP contribution in [0.4, 0.5) is 4.79 Å². The summed E-state index contributed by atoms with van der Waals surface area (Å²) >= 11 is 0. The Morgan fingerprint density at radius 2 is 1.88 bits per heavy atom. The van der Waals surface area contributed by atoms with Crippen LogP contribution in [0.15, 0.2) is 30.3 Å². The lowest BCUT2D eigenvalue weighted by atomic mass is 9.93. The van der Waals surface area contributed by atoms with Gasteiger partial charge in [-0.05, 0) is 25.1 Å². The Labute approximate surface area is 143 Å². The van der Waals surface area contributed by atoms with Gasteiger partial charge in [-0.2, -0.15) is 0 Å². The number of carboxylic acids is 1. The molecule has 0 aromatic heterocycles. The average molecular weight is 334 g/mol. The van der Waals surface area contributed by atoms with Gasteiger partial charge in [0.1, 0.15) is 6.61 Å². The maximum atomic E-state index is 12.4. The minimum absolute atomic E-state index is 0.0547. The van der Waals surface area contributed by atoms with E-state index in [4.69, 9.17) is 4.74 Å². The van der Waals surface area contributed by atoms with E-state index in [1.165, 1.54) is 4.90 Å². The molecule has 0 aliphatic carbocycles. The monoisotopic (exact) mass is 334 g/mol. The Morgan fingerprint density at radius 3 is 2.46 bits per heavy atom. The van der Waals surface area contributed by atoms with Crippen molar-refractivity contribution in [3.05, 3.63) is 35.9 Å². The minimum atomic E-state index is -0.854. The van der Waals surface area contributed by atoms with E-state index in [-0.39, 0.29) is 19.2 Å². The van der Waals surface area contributed by atoms with E-state index in [1.807, 2.05) is 44.2 Å². The van der Waals surface area contributed by atoms with Crippen molar-refractivity contribution < 1.29 is 19.4 Å². The number of hydrogen-bond acceptors (Lipinski definition) is 4. The maximum Gasteiger partial charge on any atom is 0.410 e. The minimum Gasteiger partial charge on any atom is -0.481 e. The number of piperidine rings is 1. The first-order valence-corrected chi connectivity index (χ1v) is 8.47. The Kier molecular flexibility index (Phi) is 6.61. The summed E-state index contributed by atoms with van der Waals surface area (Å²) in [4.78, 5) is 27.6. The molecule has 0 saturated carbocycles. The molecule has 1 saturated heterocycles. The lowest BCUT2D eigenvalue weighted by Gasteiger charge is -2.40. The van der Waals surface area contributed by atoms with Crippen molar-refractivity contribution >= 4 is 12.1 Å². The van der Waals surface area contributed by atoms with Crippen LogP contribution in [0.25, 0.3) is 0 Å². The lowest BCUT2D eigenvalue weighted by Crippen LogP contribution is -2.54. The number of rotatable bonds is 6. The second-order valence-corrected chi connectivity index (χ2v) is 6.09. The van der Waals surface area contributed by atoms with Crippen LogP contribution in [0.3, 0.4) is 0 Å². The predicted molar refractivity (Wildman–Crippen MR) is 90.7 cm³/mol. The normalized spacial score (nSPS) is 20.9. The summed E-state index contributed by atoms with van der Waals surface area (Å²) in [7, 11) is 0. The Morgan fingerprint density at radius 1 is 1.21 bits per heavy atom. The molecule has 2 atom stereocenters. The number of likely N-dealkylation sites (tertiary alicyclic amines) is 1. The van der Waals surface area contributed by atoms with Crippen LogP contribution < -0.4 is 0 Å². The van der Waals surface area contributed by atoms with E-state index in [1.54, 1.807) is 0 Å². The zero-order valence-corrected chi connectivity index (χ0v) is 14.4. The quantitative estimate of drug-likeness (QED) is 0.865. The van der Waals surface area contributed by atoms with Crippen LogP contribution in [0.1, 0.15) is 25.8 Å². The van der Waals surface area contributed by atoms with Gasteiger partial charge in [0, 0.05) is 19.1 Å². The first kappa shape index (κ1) is 18.3. The number of benzene rings is 1. The van der Waals surface area contributed by atoms with Crippen LogP contribution in [0.2, 0.25) is 0 Å². The number of aliphatic carboxylic acids is 1. The number of carboxylic acid groups (broad SMARTS) is 1. The topological polar surface area (TPSA) is 70.1 Å². The van der Waals surface area contributed by atoms with Crippen LogP contribution in [-0.2, 0) is 16.1 Å². The zero-order chi connectivity index (χ0) is 17.5. The summed E-state index contributed by atoms with van der Waals surface area (Å²) in [6, 6.07) is 9.52. The van der Waals surface area contributed by atoms with Gasteiger partial charge in [-0.25, -0.2) is 4.79 Å². The van der Waals surface area contributed by atoms with Crippen LogP contribution in [-0.4, -0.2) is 59.2 Å². The fourth-order valence-electron chi connectivity index (χ4n) is 3.22. The van der Waals surface area contributed by atoms with Gasteiger partial charge in [0.15, 0.2) is 0 Å². The number of carbonyl (C=O) groups is 2. The average Bonchev–Trinajstić information content (AvgIpc) is 2.61. The molecule has 1 heterocycles. The molecular weight excluding hydrogens is 308 g/mol. The molecule has 0 spiro atoms. The highest BCUT2D eigenvalue weighted by atomic mass is 16.6. The van der Waals surface area contributed by atoms with E-state index in [0.29, 0.717) is 13.0 Å². The molecule has 24 heavy (non-hydrogen) atoms. The van der Waals surface area contributed by atoms with Gasteiger partial charge in [0.05, 0.1) is 5.92 Å².